The zero-order valence-corrected chi connectivity index (χ0v) is 10.4. The summed E-state index contributed by atoms with van der Waals surface area (Å²) in [4.78, 5) is 2.36. The molecule has 1 aromatic carbocycles. The minimum atomic E-state index is 0.860. The molecule has 0 radical (unpaired) electrons. The number of anilines is 2. The zero-order valence-electron chi connectivity index (χ0n) is 10.4. The average Bonchev–Trinajstić information content (AvgIpc) is 2.74. The third-order valence-electron chi connectivity index (χ3n) is 3.65. The van der Waals surface area contributed by atoms with Crippen LogP contribution in [0.5, 0.6) is 0 Å². The predicted molar refractivity (Wildman–Crippen MR) is 70.8 cm³/mol. The summed E-state index contributed by atoms with van der Waals surface area (Å²) in [6, 6.07) is 6.17. The highest BCUT2D eigenvalue weighted by Gasteiger charge is 2.17. The lowest BCUT2D eigenvalue weighted by atomic mass is 10.1. The minimum Gasteiger partial charge on any atom is -0.399 e. The van der Waals surface area contributed by atoms with Crippen LogP contribution in [0.15, 0.2) is 18.2 Å². The first-order valence-electron chi connectivity index (χ1n) is 6.24. The van der Waals surface area contributed by atoms with Gasteiger partial charge in [0.15, 0.2) is 0 Å². The highest BCUT2D eigenvalue weighted by molar-refractivity contribution is 5.60. The summed E-state index contributed by atoms with van der Waals surface area (Å²) in [7, 11) is 2.18. The van der Waals surface area contributed by atoms with Gasteiger partial charge in [-0.05, 0) is 43.4 Å². The van der Waals surface area contributed by atoms with E-state index in [9.17, 15) is 0 Å². The number of benzene rings is 1. The first kappa shape index (κ1) is 11.3. The van der Waals surface area contributed by atoms with Crippen molar-refractivity contribution >= 4 is 11.4 Å². The summed E-state index contributed by atoms with van der Waals surface area (Å²) in [6.07, 6.45) is 5.61. The molecule has 0 bridgehead atoms. The highest BCUT2D eigenvalue weighted by atomic mass is 15.1. The van der Waals surface area contributed by atoms with Crippen LogP contribution in [0.4, 0.5) is 11.4 Å². The number of hydrogen-bond acceptors (Lipinski definition) is 2. The molecule has 1 aliphatic carbocycles. The van der Waals surface area contributed by atoms with Crippen LogP contribution < -0.4 is 10.6 Å². The van der Waals surface area contributed by atoms with Gasteiger partial charge in [-0.1, -0.05) is 18.9 Å². The van der Waals surface area contributed by atoms with Gasteiger partial charge < -0.3 is 10.6 Å². The standard InChI is InChI=1S/C14H22N2/c1-11-7-8-13(15)9-14(11)16(2)10-12-5-3-4-6-12/h7-9,12H,3-6,10,15H2,1-2H3. The van der Waals surface area contributed by atoms with E-state index in [1.807, 2.05) is 6.07 Å². The fourth-order valence-electron chi connectivity index (χ4n) is 2.72. The van der Waals surface area contributed by atoms with Gasteiger partial charge in [-0.25, -0.2) is 0 Å². The van der Waals surface area contributed by atoms with Crippen molar-refractivity contribution in [1.29, 1.82) is 0 Å². The molecule has 0 unspecified atom stereocenters. The molecule has 88 valence electrons. The predicted octanol–water partition coefficient (Wildman–Crippen LogP) is 3.20. The number of hydrogen-bond donors (Lipinski definition) is 1. The van der Waals surface area contributed by atoms with Gasteiger partial charge >= 0.3 is 0 Å². The molecule has 0 aliphatic heterocycles. The fourth-order valence-corrected chi connectivity index (χ4v) is 2.72. The van der Waals surface area contributed by atoms with Crippen molar-refractivity contribution in [2.24, 2.45) is 5.92 Å². The zero-order chi connectivity index (χ0) is 11.5. The molecule has 1 aromatic rings. The van der Waals surface area contributed by atoms with Crippen molar-refractivity contribution in [3.63, 3.8) is 0 Å². The molecule has 0 amide bonds. The normalized spacial score (nSPS) is 16.6. The summed E-state index contributed by atoms with van der Waals surface area (Å²) < 4.78 is 0. The van der Waals surface area contributed by atoms with Gasteiger partial charge in [-0.15, -0.1) is 0 Å². The van der Waals surface area contributed by atoms with E-state index in [1.54, 1.807) is 0 Å². The van der Waals surface area contributed by atoms with Gasteiger partial charge in [0, 0.05) is 25.0 Å². The van der Waals surface area contributed by atoms with Crippen molar-refractivity contribution in [2.75, 3.05) is 24.2 Å². The van der Waals surface area contributed by atoms with E-state index < -0.39 is 0 Å². The molecule has 2 rings (SSSR count). The Kier molecular flexibility index (Phi) is 3.37. The van der Waals surface area contributed by atoms with Crippen LogP contribution in [0.1, 0.15) is 31.2 Å². The van der Waals surface area contributed by atoms with Crippen LogP contribution in [0.25, 0.3) is 0 Å². The van der Waals surface area contributed by atoms with Gasteiger partial charge in [-0.3, -0.25) is 0 Å². The maximum Gasteiger partial charge on any atom is 0.0414 e. The van der Waals surface area contributed by atoms with Crippen molar-refractivity contribution in [3.8, 4) is 0 Å². The summed E-state index contributed by atoms with van der Waals surface area (Å²) in [5, 5.41) is 0. The Balaban J connectivity index is 2.07. The molecule has 2 nitrogen and oxygen atoms in total. The second kappa shape index (κ2) is 4.77. The van der Waals surface area contributed by atoms with Crippen molar-refractivity contribution in [3.05, 3.63) is 23.8 Å². The topological polar surface area (TPSA) is 29.3 Å². The number of nitrogens with two attached hydrogens (primary N) is 1. The molecule has 0 saturated heterocycles. The SMILES string of the molecule is Cc1ccc(N)cc1N(C)CC1CCCC1. The molecule has 1 fully saturated rings. The van der Waals surface area contributed by atoms with E-state index in [0.717, 1.165) is 11.6 Å². The molecule has 1 saturated carbocycles. The number of nitrogens with zero attached hydrogens (tertiary/aromatic N) is 1. The van der Waals surface area contributed by atoms with Crippen molar-refractivity contribution in [1.82, 2.24) is 0 Å². The first-order chi connectivity index (χ1) is 7.66. The summed E-state index contributed by atoms with van der Waals surface area (Å²) in [5.74, 6) is 0.880. The minimum absolute atomic E-state index is 0.860. The summed E-state index contributed by atoms with van der Waals surface area (Å²) in [5.41, 5.74) is 9.31. The molecule has 0 atom stereocenters. The average molecular weight is 218 g/mol. The molecule has 0 heterocycles. The van der Waals surface area contributed by atoms with E-state index in [2.05, 4.69) is 31.0 Å². The second-order valence-corrected chi connectivity index (χ2v) is 5.08. The van der Waals surface area contributed by atoms with Crippen LogP contribution in [0.2, 0.25) is 0 Å². The lowest BCUT2D eigenvalue weighted by Gasteiger charge is -2.25. The third kappa shape index (κ3) is 2.49. The molecule has 16 heavy (non-hydrogen) atoms. The van der Waals surface area contributed by atoms with Crippen LogP contribution in [0.3, 0.4) is 0 Å². The van der Waals surface area contributed by atoms with Gasteiger partial charge in [0.1, 0.15) is 0 Å². The number of rotatable bonds is 3. The van der Waals surface area contributed by atoms with Gasteiger partial charge in [0.05, 0.1) is 0 Å². The molecule has 2 N–H and O–H groups in total. The monoisotopic (exact) mass is 218 g/mol. The fraction of sp³-hybridized carbons (Fsp3) is 0.571. The molecule has 0 aromatic heterocycles. The summed E-state index contributed by atoms with van der Waals surface area (Å²) in [6.45, 7) is 3.32. The smallest absolute Gasteiger partial charge is 0.0414 e. The molecular weight excluding hydrogens is 196 g/mol. The van der Waals surface area contributed by atoms with E-state index in [-0.39, 0.29) is 0 Å². The largest absolute Gasteiger partial charge is 0.399 e. The molecule has 1 aliphatic rings. The Hall–Kier alpha value is -1.18. The Morgan fingerprint density at radius 2 is 2.00 bits per heavy atom. The Morgan fingerprint density at radius 1 is 1.31 bits per heavy atom. The van der Waals surface area contributed by atoms with Crippen LogP contribution in [-0.4, -0.2) is 13.6 Å². The Morgan fingerprint density at radius 3 is 2.69 bits per heavy atom. The summed E-state index contributed by atoms with van der Waals surface area (Å²) >= 11 is 0. The lowest BCUT2D eigenvalue weighted by Crippen LogP contribution is -2.24. The quantitative estimate of drug-likeness (QED) is 0.789. The van der Waals surface area contributed by atoms with E-state index >= 15 is 0 Å². The van der Waals surface area contributed by atoms with E-state index in [0.29, 0.717) is 0 Å². The molecule has 2 heteroatoms. The number of nitrogen functional groups attached to an aromatic ring is 1. The molecule has 0 spiro atoms. The van der Waals surface area contributed by atoms with Crippen LogP contribution in [-0.2, 0) is 0 Å². The van der Waals surface area contributed by atoms with Gasteiger partial charge in [0.25, 0.3) is 0 Å². The molecular formula is C14H22N2. The van der Waals surface area contributed by atoms with Crippen molar-refractivity contribution in [2.45, 2.75) is 32.6 Å². The lowest BCUT2D eigenvalue weighted by molar-refractivity contribution is 0.547. The van der Waals surface area contributed by atoms with Crippen molar-refractivity contribution < 1.29 is 0 Å². The van der Waals surface area contributed by atoms with Gasteiger partial charge in [-0.2, -0.15) is 0 Å². The maximum absolute atomic E-state index is 5.85. The first-order valence-corrected chi connectivity index (χ1v) is 6.24. The van der Waals surface area contributed by atoms with Gasteiger partial charge in [0.2, 0.25) is 0 Å². The maximum atomic E-state index is 5.85. The Bertz CT molecular complexity index is 354. The van der Waals surface area contributed by atoms with Crippen LogP contribution >= 0.6 is 0 Å². The number of aryl methyl sites for hydroxylation is 1. The highest BCUT2D eigenvalue weighted by Crippen LogP contribution is 2.28. The third-order valence-corrected chi connectivity index (χ3v) is 3.65. The second-order valence-electron chi connectivity index (χ2n) is 5.08. The van der Waals surface area contributed by atoms with E-state index in [1.165, 1.54) is 43.5 Å². The van der Waals surface area contributed by atoms with Crippen LogP contribution in [0, 0.1) is 12.8 Å². The van der Waals surface area contributed by atoms with E-state index in [4.69, 9.17) is 5.73 Å². The Labute approximate surface area is 98.4 Å².